The Labute approximate surface area is 188 Å². The lowest BCUT2D eigenvalue weighted by atomic mass is 10.1. The minimum atomic E-state index is -4.54. The first-order chi connectivity index (χ1) is 15.3. The number of alkyl halides is 3. The molecule has 0 bridgehead atoms. The number of methoxy groups -OCH3 is 1. The van der Waals surface area contributed by atoms with E-state index >= 15 is 0 Å². The number of carbonyl (C=O) groups excluding carboxylic acids is 1. The molecule has 5 nitrogen and oxygen atoms in total. The second kappa shape index (κ2) is 10.6. The summed E-state index contributed by atoms with van der Waals surface area (Å²) in [4.78, 5) is 21.0. The summed E-state index contributed by atoms with van der Waals surface area (Å²) < 4.78 is 51.1. The fraction of sp³-hybridized carbons (Fsp3) is 0.348. The van der Waals surface area contributed by atoms with Crippen molar-refractivity contribution in [2.24, 2.45) is 0 Å². The molecule has 0 saturated heterocycles. The van der Waals surface area contributed by atoms with Crippen molar-refractivity contribution < 1.29 is 27.4 Å². The van der Waals surface area contributed by atoms with Gasteiger partial charge in [0.05, 0.1) is 30.0 Å². The fourth-order valence-electron chi connectivity index (χ4n) is 3.11. The second-order valence-corrected chi connectivity index (χ2v) is 8.16. The minimum absolute atomic E-state index is 0.133. The molecule has 32 heavy (non-hydrogen) atoms. The van der Waals surface area contributed by atoms with Crippen LogP contribution >= 0.6 is 11.3 Å². The van der Waals surface area contributed by atoms with Gasteiger partial charge in [-0.2, -0.15) is 13.2 Å². The van der Waals surface area contributed by atoms with E-state index < -0.39 is 17.7 Å². The number of rotatable bonds is 9. The normalized spacial score (nSPS) is 11.4. The number of halogens is 3. The van der Waals surface area contributed by atoms with Crippen molar-refractivity contribution in [3.05, 3.63) is 63.7 Å². The van der Waals surface area contributed by atoms with Crippen LogP contribution in [0.5, 0.6) is 5.75 Å². The van der Waals surface area contributed by atoms with Gasteiger partial charge in [0, 0.05) is 24.4 Å². The van der Waals surface area contributed by atoms with Crippen molar-refractivity contribution in [2.75, 3.05) is 13.7 Å². The Morgan fingerprint density at radius 3 is 2.66 bits per heavy atom. The smallest absolute Gasteiger partial charge is 0.419 e. The lowest BCUT2D eigenvalue weighted by Gasteiger charge is -2.15. The average molecular weight is 465 g/mol. The third-order valence-corrected chi connectivity index (χ3v) is 5.72. The van der Waals surface area contributed by atoms with Gasteiger partial charge in [0.1, 0.15) is 10.6 Å². The largest absolute Gasteiger partial charge is 0.493 e. The molecule has 0 aliphatic heterocycles. The molecule has 0 atom stereocenters. The van der Waals surface area contributed by atoms with Gasteiger partial charge in [0.15, 0.2) is 0 Å². The molecule has 0 radical (unpaired) electrons. The summed E-state index contributed by atoms with van der Waals surface area (Å²) in [5.74, 6) is -0.734. The molecule has 170 valence electrons. The number of hydrogen-bond donors (Lipinski definition) is 0. The molecule has 0 amide bonds. The number of ether oxygens (including phenoxy) is 2. The predicted molar refractivity (Wildman–Crippen MR) is 116 cm³/mol. The highest BCUT2D eigenvalue weighted by Gasteiger charge is 2.35. The molecular formula is C23H23F3N2O3S. The summed E-state index contributed by atoms with van der Waals surface area (Å²) >= 11 is 1.09. The van der Waals surface area contributed by atoms with Gasteiger partial charge in [-0.3, -0.25) is 4.98 Å². The van der Waals surface area contributed by atoms with E-state index in [0.717, 1.165) is 30.2 Å². The van der Waals surface area contributed by atoms with E-state index in [0.29, 0.717) is 28.2 Å². The Morgan fingerprint density at radius 1 is 1.19 bits per heavy atom. The van der Waals surface area contributed by atoms with Gasteiger partial charge < -0.3 is 9.47 Å². The van der Waals surface area contributed by atoms with Crippen LogP contribution in [0, 0.1) is 0 Å². The number of esters is 1. The van der Waals surface area contributed by atoms with E-state index in [2.05, 4.69) is 9.97 Å². The van der Waals surface area contributed by atoms with Gasteiger partial charge in [-0.05, 0) is 36.2 Å². The lowest BCUT2D eigenvalue weighted by molar-refractivity contribution is -0.139. The third kappa shape index (κ3) is 5.85. The maximum Gasteiger partial charge on any atom is 0.419 e. The molecule has 0 fully saturated rings. The highest BCUT2D eigenvalue weighted by atomic mass is 32.1. The van der Waals surface area contributed by atoms with E-state index in [1.807, 2.05) is 6.92 Å². The highest BCUT2D eigenvalue weighted by molar-refractivity contribution is 7.14. The Morgan fingerprint density at radius 2 is 2.00 bits per heavy atom. The number of thiazole rings is 1. The zero-order valence-corrected chi connectivity index (χ0v) is 18.6. The summed E-state index contributed by atoms with van der Waals surface area (Å²) in [5, 5.41) is 0.494. The molecule has 2 aromatic heterocycles. The maximum absolute atomic E-state index is 13.6. The van der Waals surface area contributed by atoms with Crippen molar-refractivity contribution in [1.82, 2.24) is 9.97 Å². The molecule has 0 aliphatic carbocycles. The van der Waals surface area contributed by atoms with Gasteiger partial charge in [0.25, 0.3) is 0 Å². The van der Waals surface area contributed by atoms with Gasteiger partial charge in [-0.15, -0.1) is 11.3 Å². The van der Waals surface area contributed by atoms with Crippen LogP contribution in [0.15, 0.2) is 42.7 Å². The predicted octanol–water partition coefficient (Wildman–Crippen LogP) is 6.17. The van der Waals surface area contributed by atoms with Gasteiger partial charge >= 0.3 is 12.1 Å². The monoisotopic (exact) mass is 464 g/mol. The van der Waals surface area contributed by atoms with E-state index in [1.165, 1.54) is 13.2 Å². The van der Waals surface area contributed by atoms with Crippen LogP contribution in [0.4, 0.5) is 13.2 Å². The average Bonchev–Trinajstić information content (AvgIpc) is 3.20. The first kappa shape index (κ1) is 23.7. The first-order valence-electron chi connectivity index (χ1n) is 10.1. The number of carbonyl (C=O) groups is 1. The number of pyridine rings is 1. The summed E-state index contributed by atoms with van der Waals surface area (Å²) in [7, 11) is 1.27. The SMILES string of the molecule is CCCCCOc1ccc(Cc2nc(-c3cccnc3)c(C(=O)OC)s2)cc1C(F)(F)F. The van der Waals surface area contributed by atoms with Crippen molar-refractivity contribution in [2.45, 2.75) is 38.8 Å². The van der Waals surface area contributed by atoms with Gasteiger partial charge in [-0.1, -0.05) is 25.8 Å². The minimum Gasteiger partial charge on any atom is -0.493 e. The molecule has 0 saturated carbocycles. The van der Waals surface area contributed by atoms with E-state index in [4.69, 9.17) is 9.47 Å². The van der Waals surface area contributed by atoms with E-state index in [9.17, 15) is 18.0 Å². The molecule has 3 aromatic rings. The summed E-state index contributed by atoms with van der Waals surface area (Å²) in [6.45, 7) is 2.25. The van der Waals surface area contributed by atoms with Gasteiger partial charge in [-0.25, -0.2) is 9.78 Å². The first-order valence-corrected chi connectivity index (χ1v) is 11.0. The van der Waals surface area contributed by atoms with Crippen molar-refractivity contribution in [3.63, 3.8) is 0 Å². The molecule has 2 heterocycles. The molecule has 9 heteroatoms. The van der Waals surface area contributed by atoms with Crippen LogP contribution in [-0.4, -0.2) is 29.7 Å². The molecular weight excluding hydrogens is 441 g/mol. The Kier molecular flexibility index (Phi) is 7.84. The molecule has 3 rings (SSSR count). The molecule has 1 aromatic carbocycles. The topological polar surface area (TPSA) is 61.3 Å². The zero-order chi connectivity index (χ0) is 23.1. The zero-order valence-electron chi connectivity index (χ0n) is 17.7. The summed E-state index contributed by atoms with van der Waals surface area (Å²) in [6.07, 6.45) is 1.30. The molecule has 0 aliphatic rings. The Hall–Kier alpha value is -2.94. The Balaban J connectivity index is 1.89. The van der Waals surface area contributed by atoms with Crippen LogP contribution < -0.4 is 4.74 Å². The number of aromatic nitrogens is 2. The van der Waals surface area contributed by atoms with E-state index in [-0.39, 0.29) is 23.7 Å². The fourth-order valence-corrected chi connectivity index (χ4v) is 4.15. The van der Waals surface area contributed by atoms with Crippen LogP contribution in [0.2, 0.25) is 0 Å². The third-order valence-electron chi connectivity index (χ3n) is 4.69. The second-order valence-electron chi connectivity index (χ2n) is 7.08. The molecule has 0 unspecified atom stereocenters. The Bertz CT molecular complexity index is 1050. The number of benzene rings is 1. The van der Waals surface area contributed by atoms with Crippen LogP contribution in [-0.2, 0) is 17.3 Å². The summed E-state index contributed by atoms with van der Waals surface area (Å²) in [5.41, 5.74) is 0.629. The number of nitrogens with zero attached hydrogens (tertiary/aromatic N) is 2. The van der Waals surface area contributed by atoms with Crippen LogP contribution in [0.3, 0.4) is 0 Å². The molecule has 0 spiro atoms. The highest BCUT2D eigenvalue weighted by Crippen LogP contribution is 2.38. The van der Waals surface area contributed by atoms with Crippen LogP contribution in [0.1, 0.15) is 52.0 Å². The van der Waals surface area contributed by atoms with Crippen molar-refractivity contribution in [1.29, 1.82) is 0 Å². The van der Waals surface area contributed by atoms with Crippen LogP contribution in [0.25, 0.3) is 11.3 Å². The number of hydrogen-bond acceptors (Lipinski definition) is 6. The standard InChI is InChI=1S/C23H23F3N2O3S/c1-3-4-5-11-31-18-9-8-15(12-17(18)23(24,25)26)13-19-28-20(16-7-6-10-27-14-16)21(32-19)22(29)30-2/h6-10,12,14H,3-5,11,13H2,1-2H3. The molecule has 0 N–H and O–H groups in total. The van der Waals surface area contributed by atoms with E-state index in [1.54, 1.807) is 30.6 Å². The maximum atomic E-state index is 13.6. The summed E-state index contributed by atoms with van der Waals surface area (Å²) in [6, 6.07) is 7.49. The number of unbranched alkanes of at least 4 members (excludes halogenated alkanes) is 2. The van der Waals surface area contributed by atoms with Crippen molar-refractivity contribution >= 4 is 17.3 Å². The van der Waals surface area contributed by atoms with Gasteiger partial charge in [0.2, 0.25) is 0 Å². The quantitative estimate of drug-likeness (QED) is 0.280. The van der Waals surface area contributed by atoms with Crippen molar-refractivity contribution in [3.8, 4) is 17.0 Å². The lowest BCUT2D eigenvalue weighted by Crippen LogP contribution is -2.10.